The van der Waals surface area contributed by atoms with E-state index in [1.54, 1.807) is 6.07 Å². The van der Waals surface area contributed by atoms with Gasteiger partial charge in [0.15, 0.2) is 0 Å². The fraction of sp³-hybridized carbons (Fsp3) is 0.481. The molecule has 4 rings (SSSR count). The summed E-state index contributed by atoms with van der Waals surface area (Å²) in [5, 5.41) is 0. The van der Waals surface area contributed by atoms with Crippen LogP contribution in [0.2, 0.25) is 0 Å². The van der Waals surface area contributed by atoms with Crippen LogP contribution in [0.3, 0.4) is 0 Å². The molecule has 2 aliphatic rings. The van der Waals surface area contributed by atoms with Crippen LogP contribution in [-0.4, -0.2) is 0 Å². The maximum Gasteiger partial charge on any atom is 0.130 e. The van der Waals surface area contributed by atoms with Crippen molar-refractivity contribution in [1.29, 1.82) is 0 Å². The Morgan fingerprint density at radius 2 is 1.72 bits per heavy atom. The van der Waals surface area contributed by atoms with Crippen molar-refractivity contribution in [2.45, 2.75) is 77.6 Å². The summed E-state index contributed by atoms with van der Waals surface area (Å²) in [6.07, 6.45) is 11.5. The van der Waals surface area contributed by atoms with Crippen molar-refractivity contribution < 1.29 is 8.78 Å². The van der Waals surface area contributed by atoms with Crippen LogP contribution in [0.5, 0.6) is 0 Å². The first-order chi connectivity index (χ1) is 14.1. The predicted octanol–water partition coefficient (Wildman–Crippen LogP) is 8.09. The molecule has 0 aliphatic heterocycles. The van der Waals surface area contributed by atoms with Crippen LogP contribution in [0.25, 0.3) is 11.6 Å². The second-order valence-electron chi connectivity index (χ2n) is 8.88. The van der Waals surface area contributed by atoms with Gasteiger partial charge in [-0.3, -0.25) is 0 Å². The topological polar surface area (TPSA) is 0 Å². The zero-order valence-corrected chi connectivity index (χ0v) is 17.7. The number of halogens is 2. The summed E-state index contributed by atoms with van der Waals surface area (Å²) in [7, 11) is 0. The largest absolute Gasteiger partial charge is 0.206 e. The van der Waals surface area contributed by atoms with E-state index in [0.717, 1.165) is 33.7 Å². The van der Waals surface area contributed by atoms with E-state index in [-0.39, 0.29) is 11.6 Å². The van der Waals surface area contributed by atoms with Crippen molar-refractivity contribution >= 4 is 11.6 Å². The van der Waals surface area contributed by atoms with E-state index >= 15 is 4.39 Å². The lowest BCUT2D eigenvalue weighted by molar-refractivity contribution is 0.308. The van der Waals surface area contributed by atoms with Crippen molar-refractivity contribution in [3.63, 3.8) is 0 Å². The Balaban J connectivity index is 1.54. The minimum atomic E-state index is -0.126. The van der Waals surface area contributed by atoms with E-state index in [0.29, 0.717) is 30.7 Å². The molecule has 0 heterocycles. The van der Waals surface area contributed by atoms with Crippen molar-refractivity contribution in [3.05, 3.63) is 69.8 Å². The zero-order valence-electron chi connectivity index (χ0n) is 17.7. The highest BCUT2D eigenvalue weighted by atomic mass is 19.1. The highest BCUT2D eigenvalue weighted by molar-refractivity contribution is 5.84. The molecule has 0 aromatic heterocycles. The monoisotopic (exact) mass is 394 g/mol. The molecule has 0 saturated heterocycles. The Labute approximate surface area is 174 Å². The van der Waals surface area contributed by atoms with Crippen LogP contribution in [0.1, 0.15) is 92.5 Å². The normalized spacial score (nSPS) is 21.6. The van der Waals surface area contributed by atoms with Crippen LogP contribution in [0.4, 0.5) is 8.78 Å². The van der Waals surface area contributed by atoms with Gasteiger partial charge < -0.3 is 0 Å². The van der Waals surface area contributed by atoms with Gasteiger partial charge in [0.1, 0.15) is 11.6 Å². The lowest BCUT2D eigenvalue weighted by atomic mass is 9.77. The number of hydrogen-bond acceptors (Lipinski definition) is 0. The lowest BCUT2D eigenvalue weighted by Gasteiger charge is -2.29. The van der Waals surface area contributed by atoms with Gasteiger partial charge in [-0.1, -0.05) is 57.0 Å². The minimum Gasteiger partial charge on any atom is -0.206 e. The molecule has 0 radical (unpaired) electrons. The molecular weight excluding hydrogens is 362 g/mol. The molecule has 1 fully saturated rings. The second kappa shape index (κ2) is 8.81. The molecule has 0 N–H and O–H groups in total. The highest BCUT2D eigenvalue weighted by Gasteiger charge is 2.24. The molecule has 2 heteroatoms. The molecule has 0 nitrogen and oxygen atoms in total. The summed E-state index contributed by atoms with van der Waals surface area (Å²) < 4.78 is 29.6. The van der Waals surface area contributed by atoms with Crippen molar-refractivity contribution in [1.82, 2.24) is 0 Å². The van der Waals surface area contributed by atoms with E-state index in [9.17, 15) is 4.39 Å². The average molecular weight is 395 g/mol. The first kappa shape index (κ1) is 20.3. The van der Waals surface area contributed by atoms with E-state index in [2.05, 4.69) is 13.0 Å². The van der Waals surface area contributed by atoms with E-state index in [4.69, 9.17) is 0 Å². The maximum atomic E-state index is 15.0. The fourth-order valence-electron chi connectivity index (χ4n) is 5.32. The number of hydrogen-bond donors (Lipinski definition) is 0. The Morgan fingerprint density at radius 1 is 0.931 bits per heavy atom. The standard InChI is InChI=1S/C27H32F2/c1-3-5-18-6-8-20(9-7-18)21-12-14-24(26(28)17-21)22-13-15-25-23(16-22)11-10-19(4-2)27(25)29/h10-12,14,16-18,20H,3-9,13,15H2,1-2H3. The van der Waals surface area contributed by atoms with E-state index in [1.807, 2.05) is 31.2 Å². The van der Waals surface area contributed by atoms with Crippen LogP contribution in [0.15, 0.2) is 30.3 Å². The highest BCUT2D eigenvalue weighted by Crippen LogP contribution is 2.39. The van der Waals surface area contributed by atoms with Crippen molar-refractivity contribution in [2.75, 3.05) is 0 Å². The molecule has 1 saturated carbocycles. The third kappa shape index (κ3) is 4.17. The number of rotatable bonds is 5. The summed E-state index contributed by atoms with van der Waals surface area (Å²) in [6.45, 7) is 4.23. The van der Waals surface area contributed by atoms with Crippen LogP contribution >= 0.6 is 0 Å². The Morgan fingerprint density at radius 3 is 2.41 bits per heavy atom. The minimum absolute atomic E-state index is 0.0743. The molecule has 0 amide bonds. The Kier molecular flexibility index (Phi) is 6.18. The molecule has 0 spiro atoms. The summed E-state index contributed by atoms with van der Waals surface area (Å²) in [6, 6.07) is 9.69. The predicted molar refractivity (Wildman–Crippen MR) is 118 cm³/mol. The zero-order chi connectivity index (χ0) is 20.4. The van der Waals surface area contributed by atoms with Gasteiger partial charge in [-0.05, 0) is 90.7 Å². The van der Waals surface area contributed by atoms with Gasteiger partial charge in [0.05, 0.1) is 0 Å². The van der Waals surface area contributed by atoms with Gasteiger partial charge in [0, 0.05) is 5.56 Å². The second-order valence-corrected chi connectivity index (χ2v) is 8.88. The first-order valence-corrected chi connectivity index (χ1v) is 11.4. The molecule has 0 atom stereocenters. The maximum absolute atomic E-state index is 15.0. The van der Waals surface area contributed by atoms with Gasteiger partial charge in [-0.25, -0.2) is 8.78 Å². The van der Waals surface area contributed by atoms with E-state index in [1.165, 1.54) is 38.5 Å². The Bertz CT molecular complexity index is 901. The summed E-state index contributed by atoms with van der Waals surface area (Å²) in [5.74, 6) is 1.16. The van der Waals surface area contributed by atoms with Gasteiger partial charge >= 0.3 is 0 Å². The van der Waals surface area contributed by atoms with Gasteiger partial charge in [0.2, 0.25) is 0 Å². The van der Waals surface area contributed by atoms with Crippen LogP contribution in [0, 0.1) is 17.6 Å². The average Bonchev–Trinajstić information content (AvgIpc) is 2.74. The fourth-order valence-corrected chi connectivity index (χ4v) is 5.32. The summed E-state index contributed by atoms with van der Waals surface area (Å²) >= 11 is 0. The first-order valence-electron chi connectivity index (χ1n) is 11.4. The number of allylic oxidation sites excluding steroid dienone is 1. The molecular formula is C27H32F2. The molecule has 2 aliphatic carbocycles. The molecule has 2 aromatic carbocycles. The quantitative estimate of drug-likeness (QED) is 0.481. The SMILES string of the molecule is CCCC1CCC(c2ccc(C3=Cc4ccc(CC)c(F)c4CC3)c(F)c2)CC1. The molecule has 2 aromatic rings. The number of fused-ring (bicyclic) bond motifs is 1. The number of aryl methyl sites for hydroxylation is 1. The summed E-state index contributed by atoms with van der Waals surface area (Å²) in [5.41, 5.74) is 5.27. The Hall–Kier alpha value is -1.96. The molecule has 0 unspecified atom stereocenters. The molecule has 154 valence electrons. The third-order valence-corrected chi connectivity index (χ3v) is 7.07. The van der Waals surface area contributed by atoms with Gasteiger partial charge in [-0.15, -0.1) is 0 Å². The van der Waals surface area contributed by atoms with E-state index < -0.39 is 0 Å². The third-order valence-electron chi connectivity index (χ3n) is 7.07. The number of benzene rings is 2. The molecule has 29 heavy (non-hydrogen) atoms. The van der Waals surface area contributed by atoms with Crippen molar-refractivity contribution in [3.8, 4) is 0 Å². The summed E-state index contributed by atoms with van der Waals surface area (Å²) in [4.78, 5) is 0. The van der Waals surface area contributed by atoms with Gasteiger partial charge in [0.25, 0.3) is 0 Å². The van der Waals surface area contributed by atoms with Gasteiger partial charge in [-0.2, -0.15) is 0 Å². The smallest absolute Gasteiger partial charge is 0.130 e. The van der Waals surface area contributed by atoms with Crippen LogP contribution in [-0.2, 0) is 12.8 Å². The van der Waals surface area contributed by atoms with Crippen LogP contribution < -0.4 is 0 Å². The van der Waals surface area contributed by atoms with Crippen molar-refractivity contribution in [2.24, 2.45) is 5.92 Å². The molecule has 0 bridgehead atoms. The lowest BCUT2D eigenvalue weighted by Crippen LogP contribution is -2.13.